The van der Waals surface area contributed by atoms with Crippen LogP contribution in [0.15, 0.2) is 0 Å². The van der Waals surface area contributed by atoms with Gasteiger partial charge in [0.1, 0.15) is 13.2 Å². The van der Waals surface area contributed by atoms with Gasteiger partial charge in [0.05, 0.1) is 0 Å². The Kier molecular flexibility index (Phi) is 33.5. The quantitative estimate of drug-likeness (QED) is 0.0385. The average molecular weight is 653 g/mol. The standard InChI is InChI=1S/C40H76O6/c1-5-7-9-11-13-14-15-20-23-27-31-38(41)44-34-37(46-40(43)33-29-25-18-12-10-8-6-2)35-45-39(42)32-28-24-21-17-16-19-22-26-30-36(3)4/h36-37H,5-35H2,1-4H3/t37-/m1/s1. The summed E-state index contributed by atoms with van der Waals surface area (Å²) in [5.74, 6) is -0.0757. The van der Waals surface area contributed by atoms with Crippen LogP contribution in [0.5, 0.6) is 0 Å². The Morgan fingerprint density at radius 3 is 1.07 bits per heavy atom. The summed E-state index contributed by atoms with van der Waals surface area (Å²) < 4.78 is 16.6. The molecule has 0 saturated carbocycles. The van der Waals surface area contributed by atoms with E-state index in [-0.39, 0.29) is 31.1 Å². The molecule has 0 N–H and O–H groups in total. The zero-order valence-corrected chi connectivity index (χ0v) is 31.0. The molecule has 0 unspecified atom stereocenters. The Hall–Kier alpha value is -1.59. The lowest BCUT2D eigenvalue weighted by atomic mass is 10.0. The molecular weight excluding hydrogens is 576 g/mol. The SMILES string of the molecule is CCCCCCCCCCCCC(=O)OC[C@H](COC(=O)CCCCCCCCCCC(C)C)OC(=O)CCCCCCCCC. The Balaban J connectivity index is 4.30. The van der Waals surface area contributed by atoms with Crippen LogP contribution in [0.25, 0.3) is 0 Å². The Bertz CT molecular complexity index is 691. The van der Waals surface area contributed by atoms with Gasteiger partial charge in [-0.3, -0.25) is 14.4 Å². The molecule has 0 fully saturated rings. The molecular formula is C40H76O6. The highest BCUT2D eigenvalue weighted by molar-refractivity contribution is 5.71. The predicted molar refractivity (Wildman–Crippen MR) is 192 cm³/mol. The molecule has 0 radical (unpaired) electrons. The largest absolute Gasteiger partial charge is 0.462 e. The zero-order chi connectivity index (χ0) is 33.9. The molecule has 1 atom stereocenters. The second kappa shape index (κ2) is 34.7. The number of unbranched alkanes of at least 4 members (excludes halogenated alkanes) is 22. The second-order valence-corrected chi connectivity index (χ2v) is 14.0. The smallest absolute Gasteiger partial charge is 0.306 e. The van der Waals surface area contributed by atoms with Gasteiger partial charge in [-0.2, -0.15) is 0 Å². The van der Waals surface area contributed by atoms with E-state index in [9.17, 15) is 14.4 Å². The van der Waals surface area contributed by atoms with Crippen LogP contribution in [0.2, 0.25) is 0 Å². The first-order chi connectivity index (χ1) is 22.4. The summed E-state index contributed by atoms with van der Waals surface area (Å²) in [6, 6.07) is 0. The van der Waals surface area contributed by atoms with E-state index in [0.717, 1.165) is 63.7 Å². The molecule has 0 aromatic heterocycles. The van der Waals surface area contributed by atoms with E-state index in [1.54, 1.807) is 0 Å². The first kappa shape index (κ1) is 44.4. The third-order valence-corrected chi connectivity index (χ3v) is 8.79. The Morgan fingerprint density at radius 2 is 0.717 bits per heavy atom. The molecule has 0 aliphatic heterocycles. The molecule has 0 aromatic rings. The number of carbonyl (C=O) groups excluding carboxylic acids is 3. The highest BCUT2D eigenvalue weighted by Crippen LogP contribution is 2.15. The van der Waals surface area contributed by atoms with Gasteiger partial charge in [0.2, 0.25) is 0 Å². The second-order valence-electron chi connectivity index (χ2n) is 14.0. The van der Waals surface area contributed by atoms with Gasteiger partial charge in [-0.1, -0.05) is 175 Å². The molecule has 0 amide bonds. The fourth-order valence-corrected chi connectivity index (χ4v) is 5.74. The lowest BCUT2D eigenvalue weighted by Gasteiger charge is -2.18. The number of hydrogen-bond donors (Lipinski definition) is 0. The minimum Gasteiger partial charge on any atom is -0.462 e. The van der Waals surface area contributed by atoms with Crippen molar-refractivity contribution in [3.8, 4) is 0 Å². The maximum atomic E-state index is 12.5. The van der Waals surface area contributed by atoms with Crippen LogP contribution in [0.1, 0.15) is 214 Å². The van der Waals surface area contributed by atoms with E-state index in [4.69, 9.17) is 14.2 Å². The van der Waals surface area contributed by atoms with Crippen LogP contribution in [-0.4, -0.2) is 37.2 Å². The van der Waals surface area contributed by atoms with Gasteiger partial charge in [0.15, 0.2) is 6.10 Å². The third-order valence-electron chi connectivity index (χ3n) is 8.79. The monoisotopic (exact) mass is 653 g/mol. The summed E-state index contributed by atoms with van der Waals surface area (Å²) >= 11 is 0. The predicted octanol–water partition coefficient (Wildman–Crippen LogP) is 12.0. The van der Waals surface area contributed by atoms with Crippen molar-refractivity contribution in [3.63, 3.8) is 0 Å². The summed E-state index contributed by atoms with van der Waals surface area (Å²) in [5.41, 5.74) is 0. The van der Waals surface area contributed by atoms with Crippen molar-refractivity contribution >= 4 is 17.9 Å². The molecule has 0 aromatic carbocycles. The van der Waals surface area contributed by atoms with Crippen LogP contribution in [0.4, 0.5) is 0 Å². The van der Waals surface area contributed by atoms with E-state index in [0.29, 0.717) is 19.3 Å². The van der Waals surface area contributed by atoms with Gasteiger partial charge in [0, 0.05) is 19.3 Å². The van der Waals surface area contributed by atoms with Gasteiger partial charge < -0.3 is 14.2 Å². The normalized spacial score (nSPS) is 11.9. The van der Waals surface area contributed by atoms with Crippen LogP contribution in [0.3, 0.4) is 0 Å². The Morgan fingerprint density at radius 1 is 0.413 bits per heavy atom. The first-order valence-corrected chi connectivity index (χ1v) is 19.9. The summed E-state index contributed by atoms with van der Waals surface area (Å²) in [5, 5.41) is 0. The highest BCUT2D eigenvalue weighted by atomic mass is 16.6. The lowest BCUT2D eigenvalue weighted by molar-refractivity contribution is -0.167. The number of ether oxygens (including phenoxy) is 3. The van der Waals surface area contributed by atoms with Gasteiger partial charge in [-0.25, -0.2) is 0 Å². The van der Waals surface area contributed by atoms with E-state index < -0.39 is 6.10 Å². The van der Waals surface area contributed by atoms with E-state index >= 15 is 0 Å². The molecule has 0 bridgehead atoms. The zero-order valence-electron chi connectivity index (χ0n) is 31.0. The van der Waals surface area contributed by atoms with Crippen LogP contribution in [0, 0.1) is 5.92 Å². The number of carbonyl (C=O) groups is 3. The summed E-state index contributed by atoms with van der Waals surface area (Å²) in [7, 11) is 0. The Labute approximate surface area is 285 Å². The van der Waals surface area contributed by atoms with E-state index in [2.05, 4.69) is 27.7 Å². The van der Waals surface area contributed by atoms with Crippen LogP contribution < -0.4 is 0 Å². The fraction of sp³-hybridized carbons (Fsp3) is 0.925. The molecule has 0 aliphatic carbocycles. The fourth-order valence-electron chi connectivity index (χ4n) is 5.74. The van der Waals surface area contributed by atoms with E-state index in [1.165, 1.54) is 109 Å². The van der Waals surface area contributed by atoms with Crippen LogP contribution in [-0.2, 0) is 28.6 Å². The molecule has 0 saturated heterocycles. The van der Waals surface area contributed by atoms with Crippen molar-refractivity contribution in [2.24, 2.45) is 5.92 Å². The van der Waals surface area contributed by atoms with E-state index in [1.807, 2.05) is 0 Å². The van der Waals surface area contributed by atoms with Crippen LogP contribution >= 0.6 is 0 Å². The average Bonchev–Trinajstić information content (AvgIpc) is 3.03. The van der Waals surface area contributed by atoms with Gasteiger partial charge in [0.25, 0.3) is 0 Å². The molecule has 6 nitrogen and oxygen atoms in total. The van der Waals surface area contributed by atoms with Crippen molar-refractivity contribution in [2.75, 3.05) is 13.2 Å². The topological polar surface area (TPSA) is 78.9 Å². The third kappa shape index (κ3) is 33.8. The molecule has 272 valence electrons. The van der Waals surface area contributed by atoms with Gasteiger partial charge in [-0.05, 0) is 25.2 Å². The van der Waals surface area contributed by atoms with Crippen molar-refractivity contribution < 1.29 is 28.6 Å². The number of hydrogen-bond acceptors (Lipinski definition) is 6. The minimum absolute atomic E-state index is 0.0657. The molecule has 46 heavy (non-hydrogen) atoms. The van der Waals surface area contributed by atoms with Gasteiger partial charge >= 0.3 is 17.9 Å². The van der Waals surface area contributed by atoms with Crippen molar-refractivity contribution in [3.05, 3.63) is 0 Å². The maximum Gasteiger partial charge on any atom is 0.306 e. The molecule has 0 spiro atoms. The van der Waals surface area contributed by atoms with Gasteiger partial charge in [-0.15, -0.1) is 0 Å². The van der Waals surface area contributed by atoms with Crippen molar-refractivity contribution in [1.82, 2.24) is 0 Å². The number of esters is 3. The molecule has 0 rings (SSSR count). The summed E-state index contributed by atoms with van der Waals surface area (Å²) in [6.45, 7) is 8.88. The van der Waals surface area contributed by atoms with Crippen molar-refractivity contribution in [2.45, 2.75) is 220 Å². The highest BCUT2D eigenvalue weighted by Gasteiger charge is 2.19. The molecule has 6 heteroatoms. The van der Waals surface area contributed by atoms with Crippen molar-refractivity contribution in [1.29, 1.82) is 0 Å². The minimum atomic E-state index is -0.756. The molecule has 0 heterocycles. The molecule has 0 aliphatic rings. The summed E-state index contributed by atoms with van der Waals surface area (Å²) in [4.78, 5) is 37.3. The lowest BCUT2D eigenvalue weighted by Crippen LogP contribution is -2.30. The number of rotatable bonds is 35. The first-order valence-electron chi connectivity index (χ1n) is 19.9. The maximum absolute atomic E-state index is 12.5. The summed E-state index contributed by atoms with van der Waals surface area (Å²) in [6.07, 6.45) is 31.0.